The normalized spacial score (nSPS) is 22.7. The fraction of sp³-hybridized carbons (Fsp3) is 0.542. The number of benzene rings is 1. The van der Waals surface area contributed by atoms with E-state index in [4.69, 9.17) is 9.72 Å². The van der Waals surface area contributed by atoms with Crippen molar-refractivity contribution in [3.63, 3.8) is 0 Å². The van der Waals surface area contributed by atoms with Crippen LogP contribution in [0.25, 0.3) is 0 Å². The number of fused-ring (bicyclic) bond motifs is 2. The van der Waals surface area contributed by atoms with Gasteiger partial charge in [-0.05, 0) is 98.7 Å². The molecule has 3 heteroatoms. The van der Waals surface area contributed by atoms with Crippen LogP contribution in [0.2, 0.25) is 0 Å². The van der Waals surface area contributed by atoms with Gasteiger partial charge >= 0.3 is 0 Å². The van der Waals surface area contributed by atoms with Gasteiger partial charge in [-0.2, -0.15) is 0 Å². The van der Waals surface area contributed by atoms with Gasteiger partial charge in [0, 0.05) is 17.7 Å². The fourth-order valence-corrected chi connectivity index (χ4v) is 5.27. The van der Waals surface area contributed by atoms with Crippen molar-refractivity contribution in [1.82, 2.24) is 10.3 Å². The SMILES string of the molecule is COc1cc(C)cc2c1C(C1CCNCC1)c1ncc(C3CC3)cc1CC2. The monoisotopic (exact) mass is 362 g/mol. The number of hydrogen-bond donors (Lipinski definition) is 1. The van der Waals surface area contributed by atoms with Crippen molar-refractivity contribution in [2.45, 2.75) is 57.3 Å². The number of methoxy groups -OCH3 is 1. The standard InChI is InChI=1S/C24H30N2O/c1-15-11-18-5-6-19-13-20(16-3-4-16)14-26-24(19)23(17-7-9-25-10-8-17)22(18)21(12-15)27-2/h11-14,16-17,23,25H,3-10H2,1-2H3. The molecule has 2 fully saturated rings. The third-order valence-electron chi connectivity index (χ3n) is 6.79. The Balaban J connectivity index is 1.67. The molecule has 5 rings (SSSR count). The van der Waals surface area contributed by atoms with E-state index in [2.05, 4.69) is 36.6 Å². The van der Waals surface area contributed by atoms with Crippen molar-refractivity contribution in [2.75, 3.05) is 20.2 Å². The maximum Gasteiger partial charge on any atom is 0.123 e. The Morgan fingerprint density at radius 1 is 1.00 bits per heavy atom. The summed E-state index contributed by atoms with van der Waals surface area (Å²) >= 11 is 0. The Hall–Kier alpha value is -1.87. The van der Waals surface area contributed by atoms with E-state index in [1.165, 1.54) is 59.2 Å². The summed E-state index contributed by atoms with van der Waals surface area (Å²) in [6, 6.07) is 7.09. The second-order valence-electron chi connectivity index (χ2n) is 8.69. The van der Waals surface area contributed by atoms with Crippen LogP contribution in [0.3, 0.4) is 0 Å². The van der Waals surface area contributed by atoms with Crippen LogP contribution in [0, 0.1) is 12.8 Å². The Labute approximate surface area is 162 Å². The van der Waals surface area contributed by atoms with Gasteiger partial charge < -0.3 is 10.1 Å². The van der Waals surface area contributed by atoms with E-state index in [-0.39, 0.29) is 0 Å². The number of aryl methyl sites for hydroxylation is 3. The van der Waals surface area contributed by atoms with Gasteiger partial charge in [0.05, 0.1) is 12.8 Å². The van der Waals surface area contributed by atoms with Crippen molar-refractivity contribution in [1.29, 1.82) is 0 Å². The maximum atomic E-state index is 5.91. The minimum Gasteiger partial charge on any atom is -0.496 e. The number of ether oxygens (including phenoxy) is 1. The Kier molecular flexibility index (Phi) is 4.43. The molecule has 3 aliphatic rings. The van der Waals surface area contributed by atoms with Gasteiger partial charge in [-0.1, -0.05) is 12.1 Å². The minimum absolute atomic E-state index is 0.364. The predicted octanol–water partition coefficient (Wildman–Crippen LogP) is 4.51. The quantitative estimate of drug-likeness (QED) is 0.872. The topological polar surface area (TPSA) is 34.1 Å². The van der Waals surface area contributed by atoms with E-state index < -0.39 is 0 Å². The molecular weight excluding hydrogens is 332 g/mol. The molecule has 0 amide bonds. The molecule has 1 aromatic carbocycles. The summed E-state index contributed by atoms with van der Waals surface area (Å²) in [7, 11) is 1.82. The van der Waals surface area contributed by atoms with Gasteiger partial charge in [-0.25, -0.2) is 0 Å². The highest BCUT2D eigenvalue weighted by Gasteiger charge is 2.35. The van der Waals surface area contributed by atoms with E-state index in [1.807, 2.05) is 7.11 Å². The smallest absolute Gasteiger partial charge is 0.123 e. The van der Waals surface area contributed by atoms with Gasteiger partial charge in [-0.15, -0.1) is 0 Å². The summed E-state index contributed by atoms with van der Waals surface area (Å²) in [5.74, 6) is 2.83. The molecule has 2 heterocycles. The average molecular weight is 363 g/mol. The lowest BCUT2D eigenvalue weighted by molar-refractivity contribution is 0.329. The molecule has 0 radical (unpaired) electrons. The number of nitrogens with one attached hydrogen (secondary N) is 1. The van der Waals surface area contributed by atoms with Gasteiger partial charge in [0.25, 0.3) is 0 Å². The van der Waals surface area contributed by atoms with Crippen LogP contribution in [0.5, 0.6) is 5.75 Å². The summed E-state index contributed by atoms with van der Waals surface area (Å²) < 4.78 is 5.91. The zero-order valence-corrected chi connectivity index (χ0v) is 16.6. The van der Waals surface area contributed by atoms with Gasteiger partial charge in [0.15, 0.2) is 0 Å². The maximum absolute atomic E-state index is 5.91. The summed E-state index contributed by atoms with van der Waals surface area (Å²) in [6.07, 6.45) is 9.48. The molecule has 142 valence electrons. The molecule has 1 unspecified atom stereocenters. The first-order chi connectivity index (χ1) is 13.2. The lowest BCUT2D eigenvalue weighted by Crippen LogP contribution is -2.32. The molecule has 1 aliphatic heterocycles. The molecule has 1 N–H and O–H groups in total. The van der Waals surface area contributed by atoms with Gasteiger partial charge in [0.2, 0.25) is 0 Å². The van der Waals surface area contributed by atoms with Gasteiger partial charge in [-0.3, -0.25) is 4.98 Å². The summed E-state index contributed by atoms with van der Waals surface area (Å²) in [4.78, 5) is 5.12. The average Bonchev–Trinajstić information content (AvgIpc) is 3.54. The molecule has 1 saturated heterocycles. The highest BCUT2D eigenvalue weighted by atomic mass is 16.5. The number of hydrogen-bond acceptors (Lipinski definition) is 3. The molecule has 0 spiro atoms. The minimum atomic E-state index is 0.364. The zero-order valence-electron chi connectivity index (χ0n) is 16.6. The summed E-state index contributed by atoms with van der Waals surface area (Å²) in [5, 5.41) is 3.54. The molecule has 1 saturated carbocycles. The molecule has 0 bridgehead atoms. The third kappa shape index (κ3) is 3.16. The predicted molar refractivity (Wildman–Crippen MR) is 109 cm³/mol. The van der Waals surface area contributed by atoms with Crippen molar-refractivity contribution in [3.8, 4) is 5.75 Å². The molecule has 27 heavy (non-hydrogen) atoms. The van der Waals surface area contributed by atoms with Crippen LogP contribution in [0.4, 0.5) is 0 Å². The van der Waals surface area contributed by atoms with Crippen molar-refractivity contribution in [2.24, 2.45) is 5.92 Å². The van der Waals surface area contributed by atoms with Crippen LogP contribution < -0.4 is 10.1 Å². The molecule has 2 aliphatic carbocycles. The second-order valence-corrected chi connectivity index (χ2v) is 8.69. The number of piperidine rings is 1. The van der Waals surface area contributed by atoms with E-state index in [0.717, 1.165) is 37.6 Å². The number of pyridine rings is 1. The molecular formula is C24H30N2O. The van der Waals surface area contributed by atoms with E-state index in [0.29, 0.717) is 11.8 Å². The van der Waals surface area contributed by atoms with E-state index >= 15 is 0 Å². The summed E-state index contributed by atoms with van der Waals surface area (Å²) in [6.45, 7) is 4.41. The van der Waals surface area contributed by atoms with E-state index in [1.54, 1.807) is 0 Å². The number of nitrogens with zero attached hydrogens (tertiary/aromatic N) is 1. The molecule has 3 nitrogen and oxygen atoms in total. The first-order valence-corrected chi connectivity index (χ1v) is 10.6. The second kappa shape index (κ2) is 6.94. The van der Waals surface area contributed by atoms with Gasteiger partial charge in [0.1, 0.15) is 5.75 Å². The van der Waals surface area contributed by atoms with Crippen molar-refractivity contribution < 1.29 is 4.74 Å². The largest absolute Gasteiger partial charge is 0.496 e. The molecule has 2 aromatic rings. The first-order valence-electron chi connectivity index (χ1n) is 10.6. The Bertz CT molecular complexity index is 850. The summed E-state index contributed by atoms with van der Waals surface area (Å²) in [5.41, 5.74) is 8.46. The van der Waals surface area contributed by atoms with Crippen LogP contribution in [0.15, 0.2) is 24.4 Å². The molecule has 1 aromatic heterocycles. The van der Waals surface area contributed by atoms with E-state index in [9.17, 15) is 0 Å². The van der Waals surface area contributed by atoms with Crippen LogP contribution in [-0.2, 0) is 12.8 Å². The Morgan fingerprint density at radius 2 is 1.78 bits per heavy atom. The zero-order chi connectivity index (χ0) is 18.4. The first kappa shape index (κ1) is 17.2. The number of aromatic nitrogens is 1. The Morgan fingerprint density at radius 3 is 2.52 bits per heavy atom. The van der Waals surface area contributed by atoms with Crippen LogP contribution in [0.1, 0.15) is 71.0 Å². The molecule has 1 atom stereocenters. The number of rotatable bonds is 3. The van der Waals surface area contributed by atoms with Crippen molar-refractivity contribution >= 4 is 0 Å². The van der Waals surface area contributed by atoms with Crippen molar-refractivity contribution in [3.05, 3.63) is 57.9 Å². The highest BCUT2D eigenvalue weighted by molar-refractivity contribution is 5.52. The fourth-order valence-electron chi connectivity index (χ4n) is 5.27. The van der Waals surface area contributed by atoms with Crippen LogP contribution >= 0.6 is 0 Å². The highest BCUT2D eigenvalue weighted by Crippen LogP contribution is 2.47. The third-order valence-corrected chi connectivity index (χ3v) is 6.79. The lowest BCUT2D eigenvalue weighted by atomic mass is 9.76. The lowest BCUT2D eigenvalue weighted by Gasteiger charge is -2.33. The van der Waals surface area contributed by atoms with Crippen LogP contribution in [-0.4, -0.2) is 25.2 Å².